The van der Waals surface area contributed by atoms with Crippen molar-refractivity contribution in [1.29, 1.82) is 0 Å². The van der Waals surface area contributed by atoms with Gasteiger partial charge in [-0.15, -0.1) is 0 Å². The first-order valence-corrected chi connectivity index (χ1v) is 6.44. The molecule has 1 fully saturated rings. The fraction of sp³-hybridized carbons (Fsp3) is 1.00. The molecular formula is C10F20O. The van der Waals surface area contributed by atoms with Crippen molar-refractivity contribution in [3.05, 3.63) is 0 Å². The number of halogens is 20. The lowest BCUT2D eigenvalue weighted by Gasteiger charge is -2.43. The molecule has 0 amide bonds. The van der Waals surface area contributed by atoms with E-state index in [1.54, 1.807) is 0 Å². The van der Waals surface area contributed by atoms with Gasteiger partial charge in [-0.1, -0.05) is 0 Å². The number of ether oxygens (including phenoxy) is 1. The van der Waals surface area contributed by atoms with Gasteiger partial charge in [0.1, 0.15) is 0 Å². The van der Waals surface area contributed by atoms with Gasteiger partial charge in [0, 0.05) is 0 Å². The monoisotopic (exact) mass is 516 g/mol. The van der Waals surface area contributed by atoms with Gasteiger partial charge in [-0.05, 0) is 0 Å². The standard InChI is InChI=1S/C10F20O/c11-1(12,3(15,16)6(21,22)9(26,27)28)2(13,14)4(17,18)8(25)5(19,20)7(23,24)10(29,30)31-8. The molecule has 31 heavy (non-hydrogen) atoms. The van der Waals surface area contributed by atoms with Gasteiger partial charge in [-0.2, -0.15) is 87.8 Å². The summed E-state index contributed by atoms with van der Waals surface area (Å²) in [5.41, 5.74) is 0. The SMILES string of the molecule is FC(F)(F)C(F)(F)C(F)(F)C(F)(F)C(F)(F)C(F)(F)C1(F)OC(F)(F)C(F)(F)C1(F)F. The van der Waals surface area contributed by atoms with Gasteiger partial charge in [0.15, 0.2) is 0 Å². The highest BCUT2D eigenvalue weighted by Crippen LogP contribution is 2.69. The van der Waals surface area contributed by atoms with Gasteiger partial charge in [0.2, 0.25) is 0 Å². The Morgan fingerprint density at radius 3 is 1.00 bits per heavy atom. The van der Waals surface area contributed by atoms with E-state index in [0.717, 1.165) is 0 Å². The first kappa shape index (κ1) is 27.6. The van der Waals surface area contributed by atoms with Crippen LogP contribution in [0.5, 0.6) is 0 Å². The van der Waals surface area contributed by atoms with Crippen molar-refractivity contribution in [2.24, 2.45) is 0 Å². The van der Waals surface area contributed by atoms with Crippen LogP contribution >= 0.6 is 0 Å². The predicted molar refractivity (Wildman–Crippen MR) is 50.6 cm³/mol. The Kier molecular flexibility index (Phi) is 5.44. The van der Waals surface area contributed by atoms with E-state index in [1.807, 2.05) is 0 Å². The molecule has 1 rings (SSSR count). The summed E-state index contributed by atoms with van der Waals surface area (Å²) in [6.07, 6.45) is -15.1. The predicted octanol–water partition coefficient (Wildman–Crippen LogP) is 6.28. The highest BCUT2D eigenvalue weighted by Gasteiger charge is 3.01. The van der Waals surface area contributed by atoms with Crippen LogP contribution in [0.1, 0.15) is 0 Å². The molecule has 0 aromatic rings. The quantitative estimate of drug-likeness (QED) is 0.391. The van der Waals surface area contributed by atoms with E-state index in [0.29, 0.717) is 0 Å². The van der Waals surface area contributed by atoms with Crippen LogP contribution in [0.2, 0.25) is 0 Å². The van der Waals surface area contributed by atoms with Crippen molar-refractivity contribution in [2.75, 3.05) is 0 Å². The van der Waals surface area contributed by atoms with Gasteiger partial charge < -0.3 is 0 Å². The number of rotatable bonds is 5. The van der Waals surface area contributed by atoms with E-state index in [2.05, 4.69) is 0 Å². The zero-order chi connectivity index (χ0) is 25.7. The Bertz CT molecular complexity index is 716. The van der Waals surface area contributed by atoms with Crippen LogP contribution < -0.4 is 0 Å². The fourth-order valence-corrected chi connectivity index (χ4v) is 1.92. The molecule has 0 bridgehead atoms. The van der Waals surface area contributed by atoms with Gasteiger partial charge in [-0.25, -0.2) is 0 Å². The van der Waals surface area contributed by atoms with Crippen molar-refractivity contribution >= 4 is 0 Å². The minimum Gasteiger partial charge on any atom is -0.267 e. The van der Waals surface area contributed by atoms with E-state index in [9.17, 15) is 87.8 Å². The third kappa shape index (κ3) is 2.75. The van der Waals surface area contributed by atoms with Crippen molar-refractivity contribution in [1.82, 2.24) is 0 Å². The molecule has 21 heteroatoms. The second-order valence-corrected chi connectivity index (χ2v) is 5.73. The molecule has 0 spiro atoms. The van der Waals surface area contributed by atoms with E-state index >= 15 is 0 Å². The largest absolute Gasteiger partial charge is 0.460 e. The first-order valence-electron chi connectivity index (χ1n) is 6.44. The van der Waals surface area contributed by atoms with Crippen LogP contribution in [0, 0.1) is 0 Å². The second kappa shape index (κ2) is 6.12. The van der Waals surface area contributed by atoms with Crippen molar-refractivity contribution < 1.29 is 92.5 Å². The summed E-state index contributed by atoms with van der Waals surface area (Å²) in [7, 11) is 0. The van der Waals surface area contributed by atoms with Gasteiger partial charge in [0.25, 0.3) is 0 Å². The fourth-order valence-electron chi connectivity index (χ4n) is 1.92. The van der Waals surface area contributed by atoms with E-state index in [1.165, 1.54) is 4.74 Å². The molecule has 0 aromatic carbocycles. The summed E-state index contributed by atoms with van der Waals surface area (Å²) in [4.78, 5) is 0. The normalized spacial score (nSPS) is 27.5. The van der Waals surface area contributed by atoms with E-state index < -0.39 is 59.6 Å². The van der Waals surface area contributed by atoms with Crippen LogP contribution in [0.4, 0.5) is 87.8 Å². The molecule has 0 radical (unpaired) electrons. The molecule has 1 saturated heterocycles. The molecule has 0 aromatic heterocycles. The summed E-state index contributed by atoms with van der Waals surface area (Å²) >= 11 is 0. The lowest BCUT2D eigenvalue weighted by Crippen LogP contribution is -2.75. The Morgan fingerprint density at radius 1 is 0.419 bits per heavy atom. The zero-order valence-electron chi connectivity index (χ0n) is 13.0. The Morgan fingerprint density at radius 2 is 0.742 bits per heavy atom. The summed E-state index contributed by atoms with van der Waals surface area (Å²) in [6.45, 7) is 0. The van der Waals surface area contributed by atoms with Crippen molar-refractivity contribution in [2.45, 2.75) is 59.6 Å². The Hall–Kier alpha value is -1.44. The highest BCUT2D eigenvalue weighted by atomic mass is 19.4. The number of alkyl halides is 20. The number of hydrogen-bond acceptors (Lipinski definition) is 1. The van der Waals surface area contributed by atoms with E-state index in [-0.39, 0.29) is 0 Å². The van der Waals surface area contributed by atoms with Crippen LogP contribution in [-0.4, -0.2) is 59.6 Å². The lowest BCUT2D eigenvalue weighted by atomic mass is 9.88. The highest BCUT2D eigenvalue weighted by molar-refractivity contribution is 5.20. The molecule has 1 atom stereocenters. The molecule has 1 nitrogen and oxygen atoms in total. The van der Waals surface area contributed by atoms with Crippen LogP contribution in [0.15, 0.2) is 0 Å². The third-order valence-corrected chi connectivity index (χ3v) is 3.77. The molecule has 1 aliphatic heterocycles. The molecule has 0 saturated carbocycles. The zero-order valence-corrected chi connectivity index (χ0v) is 13.0. The smallest absolute Gasteiger partial charge is 0.267 e. The third-order valence-electron chi connectivity index (χ3n) is 3.77. The average Bonchev–Trinajstić information content (AvgIpc) is 2.60. The van der Waals surface area contributed by atoms with Crippen LogP contribution in [-0.2, 0) is 4.74 Å². The maximum absolute atomic E-state index is 13.7. The number of hydrogen-bond donors (Lipinski definition) is 0. The summed E-state index contributed by atoms with van der Waals surface area (Å²) in [6, 6.07) is 0. The second-order valence-electron chi connectivity index (χ2n) is 5.73. The summed E-state index contributed by atoms with van der Waals surface area (Å²) in [5.74, 6) is -67.2. The maximum atomic E-state index is 13.7. The topological polar surface area (TPSA) is 9.23 Å². The molecule has 186 valence electrons. The molecule has 0 aliphatic carbocycles. The van der Waals surface area contributed by atoms with Crippen LogP contribution in [0.25, 0.3) is 0 Å². The Balaban J connectivity index is 3.80. The van der Waals surface area contributed by atoms with Crippen LogP contribution in [0.3, 0.4) is 0 Å². The Labute approximate surface area is 153 Å². The summed E-state index contributed by atoms with van der Waals surface area (Å²) < 4.78 is 258. The van der Waals surface area contributed by atoms with Gasteiger partial charge in [0.05, 0.1) is 0 Å². The molecular weight excluding hydrogens is 516 g/mol. The maximum Gasteiger partial charge on any atom is 0.460 e. The van der Waals surface area contributed by atoms with E-state index in [4.69, 9.17) is 0 Å². The minimum absolute atomic E-state index is 1.46. The summed E-state index contributed by atoms with van der Waals surface area (Å²) in [5, 5.41) is 0. The van der Waals surface area contributed by atoms with Crippen molar-refractivity contribution in [3.63, 3.8) is 0 Å². The molecule has 0 N–H and O–H groups in total. The van der Waals surface area contributed by atoms with Crippen molar-refractivity contribution in [3.8, 4) is 0 Å². The molecule has 1 aliphatic rings. The molecule has 1 unspecified atom stereocenters. The average molecular weight is 516 g/mol. The van der Waals surface area contributed by atoms with Gasteiger partial charge >= 0.3 is 59.6 Å². The van der Waals surface area contributed by atoms with Gasteiger partial charge in [-0.3, -0.25) is 4.74 Å². The minimum atomic E-state index is -8.92. The lowest BCUT2D eigenvalue weighted by molar-refractivity contribution is -0.473. The molecule has 1 heterocycles. The first-order chi connectivity index (χ1) is 13.0.